The molecule has 0 saturated heterocycles. The highest BCUT2D eigenvalue weighted by molar-refractivity contribution is 7.45. The maximum absolute atomic E-state index is 12.2. The van der Waals surface area contributed by atoms with E-state index in [2.05, 4.69) is 17.2 Å². The van der Waals surface area contributed by atoms with Gasteiger partial charge >= 0.3 is 6.09 Å². The minimum absolute atomic E-state index is 0.0683. The second-order valence-electron chi connectivity index (χ2n) is 11.6. The molecule has 250 valence electrons. The summed E-state index contributed by atoms with van der Waals surface area (Å²) in [6.07, 6.45) is 21.7. The van der Waals surface area contributed by atoms with E-state index in [0.717, 1.165) is 29.3 Å². The van der Waals surface area contributed by atoms with Gasteiger partial charge in [-0.25, -0.2) is 9.78 Å². The predicted molar refractivity (Wildman–Crippen MR) is 173 cm³/mol. The number of pyridine rings is 1. The summed E-state index contributed by atoms with van der Waals surface area (Å²) < 4.78 is 32.6. The topological polar surface area (TPSA) is 120 Å². The van der Waals surface area contributed by atoms with E-state index in [4.69, 9.17) is 18.5 Å². The predicted octanol–water partition coefficient (Wildman–Crippen LogP) is 7.70. The molecular formula is C34H57N2O7P. The van der Waals surface area contributed by atoms with Crippen LogP contribution < -0.4 is 15.2 Å². The molecule has 1 heterocycles. The Morgan fingerprint density at radius 1 is 0.841 bits per heavy atom. The molecule has 2 rings (SSSR count). The Morgan fingerprint density at radius 3 is 2.05 bits per heavy atom. The molecular weight excluding hydrogens is 579 g/mol. The number of nitrogens with one attached hydrogen (secondary N) is 2. The number of carbonyl (C=O) groups is 1. The largest absolute Gasteiger partial charge is 0.756 e. The number of carbonyl (C=O) groups excluding carboxylic acids is 1. The molecule has 0 saturated carbocycles. The Kier molecular flexibility index (Phi) is 21.0. The molecule has 1 aromatic heterocycles. The van der Waals surface area contributed by atoms with Crippen molar-refractivity contribution in [1.29, 1.82) is 0 Å². The third-order valence-electron chi connectivity index (χ3n) is 7.86. The fraction of sp³-hybridized carbons (Fsp3) is 0.706. The summed E-state index contributed by atoms with van der Waals surface area (Å²) in [6.45, 7) is 2.29. The normalized spacial score (nSPS) is 13.5. The first-order valence-electron chi connectivity index (χ1n) is 16.9. The molecule has 0 fully saturated rings. The average molecular weight is 637 g/mol. The molecule has 2 N–H and O–H groups in total. The molecule has 0 bridgehead atoms. The SMILES string of the molecule is CCCCCCCCCCCCCCCCCCNC(=O)OCC(COP(=O)([O-])OCCc1[nH+]ccc2ccccc12)OC. The van der Waals surface area contributed by atoms with Gasteiger partial charge in [-0.05, 0) is 17.9 Å². The van der Waals surface area contributed by atoms with E-state index in [1.807, 2.05) is 36.5 Å². The van der Waals surface area contributed by atoms with Crippen LogP contribution in [0.4, 0.5) is 4.79 Å². The summed E-state index contributed by atoms with van der Waals surface area (Å²) in [5, 5.41) is 4.80. The van der Waals surface area contributed by atoms with Gasteiger partial charge in [0, 0.05) is 25.1 Å². The Bertz CT molecular complexity index is 1070. The molecule has 0 aliphatic carbocycles. The molecule has 2 aromatic rings. The van der Waals surface area contributed by atoms with Crippen molar-refractivity contribution in [3.05, 3.63) is 42.2 Å². The molecule has 0 aliphatic rings. The minimum Gasteiger partial charge on any atom is -0.756 e. The van der Waals surface area contributed by atoms with E-state index in [1.54, 1.807) is 0 Å². The first-order valence-corrected chi connectivity index (χ1v) is 18.3. The quantitative estimate of drug-likeness (QED) is 0.0788. The zero-order valence-electron chi connectivity index (χ0n) is 27.2. The third kappa shape index (κ3) is 18.1. The monoisotopic (exact) mass is 636 g/mol. The first kappa shape index (κ1) is 38.2. The number of amides is 1. The molecule has 1 amide bonds. The third-order valence-corrected chi connectivity index (χ3v) is 8.82. The van der Waals surface area contributed by atoms with Crippen LogP contribution in [-0.4, -0.2) is 45.7 Å². The van der Waals surface area contributed by atoms with Crippen molar-refractivity contribution in [2.45, 2.75) is 122 Å². The fourth-order valence-corrected chi connectivity index (χ4v) is 5.91. The van der Waals surface area contributed by atoms with Crippen molar-refractivity contribution in [3.8, 4) is 0 Å². The number of hydrogen-bond donors (Lipinski definition) is 1. The zero-order valence-corrected chi connectivity index (χ0v) is 28.1. The maximum Gasteiger partial charge on any atom is 0.407 e. The van der Waals surface area contributed by atoms with E-state index >= 15 is 0 Å². The highest BCUT2D eigenvalue weighted by Crippen LogP contribution is 2.38. The molecule has 0 aliphatic heterocycles. The maximum atomic E-state index is 12.2. The van der Waals surface area contributed by atoms with Crippen LogP contribution in [0.1, 0.15) is 115 Å². The number of ether oxygens (including phenoxy) is 2. The number of aromatic amines is 1. The first-order chi connectivity index (χ1) is 21.4. The van der Waals surface area contributed by atoms with Crippen molar-refractivity contribution in [3.63, 3.8) is 0 Å². The van der Waals surface area contributed by atoms with Gasteiger partial charge in [0.15, 0.2) is 11.9 Å². The lowest BCUT2D eigenvalue weighted by Gasteiger charge is -2.24. The Hall–Kier alpha value is -2.03. The lowest BCUT2D eigenvalue weighted by molar-refractivity contribution is -0.388. The molecule has 0 radical (unpaired) electrons. The number of methoxy groups -OCH3 is 1. The van der Waals surface area contributed by atoms with Crippen LogP contribution in [0, 0.1) is 0 Å². The van der Waals surface area contributed by atoms with E-state index in [9.17, 15) is 14.3 Å². The van der Waals surface area contributed by atoms with Crippen LogP contribution in [0.5, 0.6) is 0 Å². The number of alkyl carbamates (subject to hydrolysis) is 1. The molecule has 10 heteroatoms. The summed E-state index contributed by atoms with van der Waals surface area (Å²) >= 11 is 0. The van der Waals surface area contributed by atoms with Crippen LogP contribution in [0.2, 0.25) is 0 Å². The number of fused-ring (bicyclic) bond motifs is 1. The highest BCUT2D eigenvalue weighted by atomic mass is 31.2. The standard InChI is InChI=1S/C34H57N2O7P/c1-3-4-5-6-7-8-9-10-11-12-13-14-15-16-17-20-25-36-34(37)41-28-31(40-2)29-43-44(38,39)42-27-24-33-32-22-19-18-21-30(32)23-26-35-33/h18-19,21-23,26,31H,3-17,20,24-25,27-29H2,1-2H3,(H,36,37)(H,38,39). The van der Waals surface area contributed by atoms with Crippen LogP contribution in [-0.2, 0) is 29.5 Å². The van der Waals surface area contributed by atoms with Gasteiger partial charge in [-0.15, -0.1) is 0 Å². The summed E-state index contributed by atoms with van der Waals surface area (Å²) in [5.74, 6) is 0. The van der Waals surface area contributed by atoms with Gasteiger partial charge in [0.05, 0.1) is 19.6 Å². The average Bonchev–Trinajstić information content (AvgIpc) is 3.02. The van der Waals surface area contributed by atoms with E-state index in [-0.39, 0.29) is 19.8 Å². The lowest BCUT2D eigenvalue weighted by Crippen LogP contribution is -2.31. The molecule has 9 nitrogen and oxygen atoms in total. The van der Waals surface area contributed by atoms with Gasteiger partial charge in [0.25, 0.3) is 7.82 Å². The lowest BCUT2D eigenvalue weighted by atomic mass is 10.0. The van der Waals surface area contributed by atoms with Crippen molar-refractivity contribution >= 4 is 24.7 Å². The molecule has 0 spiro atoms. The van der Waals surface area contributed by atoms with Crippen LogP contribution in [0.3, 0.4) is 0 Å². The number of phosphoric ester groups is 1. The second-order valence-corrected chi connectivity index (χ2v) is 13.0. The summed E-state index contributed by atoms with van der Waals surface area (Å²) in [6, 6.07) is 9.79. The van der Waals surface area contributed by atoms with E-state index < -0.39 is 20.0 Å². The molecule has 2 unspecified atom stereocenters. The summed E-state index contributed by atoms with van der Waals surface area (Å²) in [4.78, 5) is 27.4. The molecule has 44 heavy (non-hydrogen) atoms. The van der Waals surface area contributed by atoms with Gasteiger partial charge in [-0.2, -0.15) is 0 Å². The van der Waals surface area contributed by atoms with Crippen molar-refractivity contribution in [2.24, 2.45) is 0 Å². The van der Waals surface area contributed by atoms with Gasteiger partial charge in [0.1, 0.15) is 12.7 Å². The summed E-state index contributed by atoms with van der Waals surface area (Å²) in [7, 11) is -3.15. The van der Waals surface area contributed by atoms with Gasteiger partial charge in [0.2, 0.25) is 0 Å². The number of hydrogen-bond acceptors (Lipinski definition) is 7. The van der Waals surface area contributed by atoms with Gasteiger partial charge in [-0.1, -0.05) is 121 Å². The van der Waals surface area contributed by atoms with E-state index in [1.165, 1.54) is 97.0 Å². The number of phosphoric acid groups is 1. The Morgan fingerprint density at radius 2 is 1.43 bits per heavy atom. The number of aromatic nitrogens is 1. The second kappa shape index (κ2) is 24.2. The van der Waals surface area contributed by atoms with Gasteiger partial charge < -0.3 is 28.7 Å². The number of H-pyrrole nitrogens is 1. The Balaban J connectivity index is 1.43. The molecule has 2 atom stereocenters. The zero-order chi connectivity index (χ0) is 31.7. The minimum atomic E-state index is -4.55. The summed E-state index contributed by atoms with van der Waals surface area (Å²) in [5.41, 5.74) is 0.872. The molecule has 1 aromatic carbocycles. The van der Waals surface area contributed by atoms with Crippen molar-refractivity contribution < 1.29 is 37.8 Å². The smallest absolute Gasteiger partial charge is 0.407 e. The number of unbranched alkanes of at least 4 members (excludes halogenated alkanes) is 15. The van der Waals surface area contributed by atoms with Crippen molar-refractivity contribution in [1.82, 2.24) is 5.32 Å². The Labute approximate surface area is 265 Å². The fourth-order valence-electron chi connectivity index (χ4n) is 5.17. The number of rotatable bonds is 27. The number of benzene rings is 1. The van der Waals surface area contributed by atoms with E-state index in [0.29, 0.717) is 13.0 Å². The van der Waals surface area contributed by atoms with Crippen LogP contribution >= 0.6 is 7.82 Å². The highest BCUT2D eigenvalue weighted by Gasteiger charge is 2.18. The van der Waals surface area contributed by atoms with Crippen molar-refractivity contribution in [2.75, 3.05) is 33.5 Å². The van der Waals surface area contributed by atoms with Gasteiger partial charge in [-0.3, -0.25) is 4.57 Å². The van der Waals surface area contributed by atoms with Crippen LogP contribution in [0.15, 0.2) is 36.5 Å². The van der Waals surface area contributed by atoms with Crippen LogP contribution in [0.25, 0.3) is 10.8 Å².